The van der Waals surface area contributed by atoms with Crippen LogP contribution in [-0.4, -0.2) is 34.8 Å². The Morgan fingerprint density at radius 3 is 2.60 bits per heavy atom. The number of nitrogens with zero attached hydrogens (tertiary/aromatic N) is 3. The maximum atomic E-state index is 14.6. The van der Waals surface area contributed by atoms with Crippen molar-refractivity contribution >= 4 is 11.6 Å². The molecule has 0 radical (unpaired) electrons. The summed E-state index contributed by atoms with van der Waals surface area (Å²) in [5.41, 5.74) is 1.73. The van der Waals surface area contributed by atoms with E-state index in [0.717, 1.165) is 25.0 Å². The van der Waals surface area contributed by atoms with Crippen LogP contribution in [0.4, 0.5) is 18.9 Å². The van der Waals surface area contributed by atoms with Gasteiger partial charge < -0.3 is 10.2 Å². The number of hydrogen-bond acceptors (Lipinski definition) is 3. The number of amides is 1. The normalized spacial score (nSPS) is 16.5. The van der Waals surface area contributed by atoms with Crippen LogP contribution in [0.15, 0.2) is 48.7 Å². The molecule has 4 rings (SSSR count). The van der Waals surface area contributed by atoms with Crippen molar-refractivity contribution in [2.24, 2.45) is 7.05 Å². The average Bonchev–Trinajstić information content (AvgIpc) is 3.16. The second kappa shape index (κ2) is 8.22. The number of hydrogen-bond donors (Lipinski definition) is 1. The number of piperidine rings is 1. The summed E-state index contributed by atoms with van der Waals surface area (Å²) in [6, 6.07) is 9.70. The van der Waals surface area contributed by atoms with Crippen molar-refractivity contribution in [3.8, 4) is 11.3 Å². The Morgan fingerprint density at radius 1 is 1.07 bits per heavy atom. The highest BCUT2D eigenvalue weighted by molar-refractivity contribution is 5.95. The molecule has 2 aromatic carbocycles. The standard InChI is InChI=1S/C22H21F3N4O/c1-28-10-8-21(27-28)14-4-6-17(19(24)11-14)22(30)26-15-3-2-9-29(13-15)16-5-7-18(23)20(25)12-16/h4-8,10-12,15H,2-3,9,13H2,1H3,(H,26,30). The Morgan fingerprint density at radius 2 is 1.90 bits per heavy atom. The molecule has 5 nitrogen and oxygen atoms in total. The topological polar surface area (TPSA) is 50.2 Å². The number of anilines is 1. The lowest BCUT2D eigenvalue weighted by atomic mass is 10.0. The minimum Gasteiger partial charge on any atom is -0.369 e. The molecular weight excluding hydrogens is 393 g/mol. The highest BCUT2D eigenvalue weighted by atomic mass is 19.2. The van der Waals surface area contributed by atoms with E-state index < -0.39 is 23.4 Å². The molecule has 1 aliphatic heterocycles. The van der Waals surface area contributed by atoms with E-state index in [4.69, 9.17) is 0 Å². The van der Waals surface area contributed by atoms with Gasteiger partial charge in [0.1, 0.15) is 5.82 Å². The Hall–Kier alpha value is -3.29. The summed E-state index contributed by atoms with van der Waals surface area (Å²) < 4.78 is 42.9. The van der Waals surface area contributed by atoms with E-state index in [2.05, 4.69) is 10.4 Å². The average molecular weight is 414 g/mol. The number of carbonyl (C=O) groups excluding carboxylic acids is 1. The van der Waals surface area contributed by atoms with Gasteiger partial charge in [-0.3, -0.25) is 9.48 Å². The van der Waals surface area contributed by atoms with E-state index in [1.165, 1.54) is 18.2 Å². The van der Waals surface area contributed by atoms with Crippen LogP contribution in [0.25, 0.3) is 11.3 Å². The summed E-state index contributed by atoms with van der Waals surface area (Å²) in [7, 11) is 1.77. The Balaban J connectivity index is 1.44. The molecule has 0 spiro atoms. The molecule has 8 heteroatoms. The number of aryl methyl sites for hydroxylation is 1. The molecule has 30 heavy (non-hydrogen) atoms. The van der Waals surface area contributed by atoms with Gasteiger partial charge in [-0.1, -0.05) is 6.07 Å². The van der Waals surface area contributed by atoms with E-state index in [9.17, 15) is 18.0 Å². The molecule has 2 heterocycles. The van der Waals surface area contributed by atoms with Crippen molar-refractivity contribution in [3.05, 3.63) is 71.7 Å². The van der Waals surface area contributed by atoms with E-state index in [1.54, 1.807) is 30.1 Å². The minimum atomic E-state index is -0.909. The highest BCUT2D eigenvalue weighted by Crippen LogP contribution is 2.23. The highest BCUT2D eigenvalue weighted by Gasteiger charge is 2.24. The van der Waals surface area contributed by atoms with Gasteiger partial charge in [0.25, 0.3) is 5.91 Å². The third-order valence-electron chi connectivity index (χ3n) is 5.25. The first-order valence-corrected chi connectivity index (χ1v) is 9.71. The summed E-state index contributed by atoms with van der Waals surface area (Å²) in [5, 5.41) is 7.09. The molecule has 156 valence electrons. The van der Waals surface area contributed by atoms with Crippen molar-refractivity contribution in [2.45, 2.75) is 18.9 Å². The number of benzene rings is 2. The molecule has 1 aliphatic rings. The fraction of sp³-hybridized carbons (Fsp3) is 0.273. The minimum absolute atomic E-state index is 0.0420. The lowest BCUT2D eigenvalue weighted by Crippen LogP contribution is -2.48. The number of carbonyl (C=O) groups is 1. The molecule has 0 aliphatic carbocycles. The quantitative estimate of drug-likeness (QED) is 0.705. The monoisotopic (exact) mass is 414 g/mol. The first kappa shape index (κ1) is 20.0. The summed E-state index contributed by atoms with van der Waals surface area (Å²) in [6.45, 7) is 1.11. The molecule has 1 amide bonds. The number of rotatable bonds is 4. The van der Waals surface area contributed by atoms with Gasteiger partial charge in [-0.05, 0) is 43.2 Å². The van der Waals surface area contributed by atoms with Crippen LogP contribution in [0.1, 0.15) is 23.2 Å². The summed E-state index contributed by atoms with van der Waals surface area (Å²) in [4.78, 5) is 14.5. The van der Waals surface area contributed by atoms with Gasteiger partial charge in [0, 0.05) is 49.7 Å². The molecule has 1 unspecified atom stereocenters. The van der Waals surface area contributed by atoms with Crippen molar-refractivity contribution < 1.29 is 18.0 Å². The zero-order valence-corrected chi connectivity index (χ0v) is 16.4. The zero-order valence-electron chi connectivity index (χ0n) is 16.4. The van der Waals surface area contributed by atoms with Crippen LogP contribution < -0.4 is 10.2 Å². The van der Waals surface area contributed by atoms with Crippen molar-refractivity contribution in [1.29, 1.82) is 0 Å². The van der Waals surface area contributed by atoms with Crippen LogP contribution in [0.2, 0.25) is 0 Å². The lowest BCUT2D eigenvalue weighted by Gasteiger charge is -2.34. The smallest absolute Gasteiger partial charge is 0.254 e. The first-order chi connectivity index (χ1) is 14.4. The molecular formula is C22H21F3N4O. The van der Waals surface area contributed by atoms with Crippen LogP contribution in [0.5, 0.6) is 0 Å². The predicted molar refractivity (Wildman–Crippen MR) is 108 cm³/mol. The van der Waals surface area contributed by atoms with Crippen molar-refractivity contribution in [1.82, 2.24) is 15.1 Å². The van der Waals surface area contributed by atoms with E-state index in [0.29, 0.717) is 30.0 Å². The Bertz CT molecular complexity index is 1080. The molecule has 1 fully saturated rings. The fourth-order valence-electron chi connectivity index (χ4n) is 3.70. The van der Waals surface area contributed by atoms with E-state index >= 15 is 0 Å². The van der Waals surface area contributed by atoms with Crippen LogP contribution in [0.3, 0.4) is 0 Å². The molecule has 1 N–H and O–H groups in total. The molecule has 0 saturated carbocycles. The van der Waals surface area contributed by atoms with Crippen LogP contribution >= 0.6 is 0 Å². The maximum Gasteiger partial charge on any atom is 0.254 e. The second-order valence-corrected chi connectivity index (χ2v) is 7.43. The summed E-state index contributed by atoms with van der Waals surface area (Å²) >= 11 is 0. The van der Waals surface area contributed by atoms with E-state index in [-0.39, 0.29) is 11.6 Å². The first-order valence-electron chi connectivity index (χ1n) is 9.71. The Kier molecular flexibility index (Phi) is 5.48. The second-order valence-electron chi connectivity index (χ2n) is 7.43. The van der Waals surface area contributed by atoms with Gasteiger partial charge in [0.15, 0.2) is 11.6 Å². The third kappa shape index (κ3) is 4.17. The summed E-state index contributed by atoms with van der Waals surface area (Å²) in [6.07, 6.45) is 3.25. The molecule has 1 atom stereocenters. The fourth-order valence-corrected chi connectivity index (χ4v) is 3.70. The number of aromatic nitrogens is 2. The maximum absolute atomic E-state index is 14.6. The zero-order chi connectivity index (χ0) is 21.3. The van der Waals surface area contributed by atoms with Crippen molar-refractivity contribution in [2.75, 3.05) is 18.0 Å². The molecule has 3 aromatic rings. The molecule has 1 saturated heterocycles. The number of halogens is 3. The van der Waals surface area contributed by atoms with Crippen LogP contribution in [0, 0.1) is 17.5 Å². The van der Waals surface area contributed by atoms with Gasteiger partial charge in [0.2, 0.25) is 0 Å². The lowest BCUT2D eigenvalue weighted by molar-refractivity contribution is 0.0929. The van der Waals surface area contributed by atoms with Crippen molar-refractivity contribution in [3.63, 3.8) is 0 Å². The van der Waals surface area contributed by atoms with Gasteiger partial charge in [-0.25, -0.2) is 13.2 Å². The molecule has 1 aromatic heterocycles. The molecule has 0 bridgehead atoms. The largest absolute Gasteiger partial charge is 0.369 e. The third-order valence-corrected chi connectivity index (χ3v) is 5.25. The van der Waals surface area contributed by atoms with Gasteiger partial charge in [0.05, 0.1) is 11.3 Å². The van der Waals surface area contributed by atoms with E-state index in [1.807, 2.05) is 4.90 Å². The summed E-state index contributed by atoms with van der Waals surface area (Å²) in [5.74, 6) is -2.93. The predicted octanol–water partition coefficient (Wildman–Crippen LogP) is 3.90. The van der Waals surface area contributed by atoms with Gasteiger partial charge >= 0.3 is 0 Å². The van der Waals surface area contributed by atoms with Gasteiger partial charge in [-0.2, -0.15) is 5.10 Å². The van der Waals surface area contributed by atoms with Gasteiger partial charge in [-0.15, -0.1) is 0 Å². The SMILES string of the molecule is Cn1ccc(-c2ccc(C(=O)NC3CCCN(c4ccc(F)c(F)c4)C3)c(F)c2)n1. The Labute approximate surface area is 172 Å². The van der Waals surface area contributed by atoms with Crippen LogP contribution in [-0.2, 0) is 7.05 Å². The number of nitrogens with one attached hydrogen (secondary N) is 1.